The van der Waals surface area contributed by atoms with Crippen LogP contribution in [0.25, 0.3) is 0 Å². The molecule has 0 unspecified atom stereocenters. The van der Waals surface area contributed by atoms with E-state index in [0.29, 0.717) is 13.2 Å². The summed E-state index contributed by atoms with van der Waals surface area (Å²) in [6, 6.07) is 5.61. The molecule has 1 aromatic rings. The molecule has 124 valence electrons. The van der Waals surface area contributed by atoms with Crippen molar-refractivity contribution in [1.82, 2.24) is 4.90 Å². The largest absolute Gasteiger partial charge is 0.490 e. The molecule has 1 N–H and O–H groups in total. The van der Waals surface area contributed by atoms with Gasteiger partial charge in [-0.1, -0.05) is 18.2 Å². The summed E-state index contributed by atoms with van der Waals surface area (Å²) in [6.07, 6.45) is 6.76. The summed E-state index contributed by atoms with van der Waals surface area (Å²) in [7, 11) is 2.03. The zero-order valence-corrected chi connectivity index (χ0v) is 13.6. The minimum Gasteiger partial charge on any atom is -0.490 e. The Kier molecular flexibility index (Phi) is 6.23. The summed E-state index contributed by atoms with van der Waals surface area (Å²) < 4.78 is 5.72. The number of hydrogen-bond donors (Lipinski definition) is 1. The highest BCUT2D eigenvalue weighted by Gasteiger charge is 2.22. The van der Waals surface area contributed by atoms with Gasteiger partial charge in [-0.25, -0.2) is 4.79 Å². The van der Waals surface area contributed by atoms with Crippen molar-refractivity contribution in [3.05, 3.63) is 48.6 Å². The van der Waals surface area contributed by atoms with E-state index in [0.717, 1.165) is 42.9 Å². The highest BCUT2D eigenvalue weighted by molar-refractivity contribution is 5.87. The Labute approximate surface area is 137 Å². The van der Waals surface area contributed by atoms with Crippen LogP contribution in [0.4, 0.5) is 10.5 Å². The average molecular weight is 316 g/mol. The standard InChI is InChI=1S/C18H24N2O3/c1-3-10-19(2)11-4-5-13-23-16-8-9-17-15(14-16)7-6-12-20(17)18(21)22/h3-5,8-9,14H,1,6-7,10-13H2,2H3,(H,21,22)/b5-4+. The molecule has 0 saturated carbocycles. The topological polar surface area (TPSA) is 53.0 Å². The van der Waals surface area contributed by atoms with Gasteiger partial charge in [0.05, 0.1) is 5.69 Å². The van der Waals surface area contributed by atoms with Crippen LogP contribution in [-0.4, -0.2) is 49.4 Å². The van der Waals surface area contributed by atoms with Crippen molar-refractivity contribution in [3.8, 4) is 5.75 Å². The highest BCUT2D eigenvalue weighted by Crippen LogP contribution is 2.30. The number of nitrogens with zero attached hydrogens (tertiary/aromatic N) is 2. The molecule has 1 aliphatic rings. The number of amides is 1. The molecule has 0 radical (unpaired) electrons. The number of hydrogen-bond acceptors (Lipinski definition) is 3. The first kappa shape index (κ1) is 17.1. The van der Waals surface area contributed by atoms with E-state index in [1.54, 1.807) is 0 Å². The quantitative estimate of drug-likeness (QED) is 0.785. The van der Waals surface area contributed by atoms with Crippen molar-refractivity contribution in [1.29, 1.82) is 0 Å². The maximum absolute atomic E-state index is 11.2. The molecule has 0 fully saturated rings. The lowest BCUT2D eigenvalue weighted by Gasteiger charge is -2.27. The molecule has 1 amide bonds. The van der Waals surface area contributed by atoms with E-state index in [1.807, 2.05) is 37.4 Å². The van der Waals surface area contributed by atoms with Crippen molar-refractivity contribution in [2.45, 2.75) is 12.8 Å². The first-order valence-electron chi connectivity index (χ1n) is 7.82. The zero-order valence-electron chi connectivity index (χ0n) is 13.6. The summed E-state index contributed by atoms with van der Waals surface area (Å²) in [5.41, 5.74) is 1.81. The molecule has 5 nitrogen and oxygen atoms in total. The lowest BCUT2D eigenvalue weighted by atomic mass is 10.0. The van der Waals surface area contributed by atoms with E-state index in [1.165, 1.54) is 4.90 Å². The second-order valence-corrected chi connectivity index (χ2v) is 5.62. The molecular weight excluding hydrogens is 292 g/mol. The predicted octanol–water partition coefficient (Wildman–Crippen LogP) is 3.17. The second kappa shape index (κ2) is 8.39. The van der Waals surface area contributed by atoms with Gasteiger partial charge < -0.3 is 9.84 Å². The summed E-state index contributed by atoms with van der Waals surface area (Å²) in [4.78, 5) is 14.8. The van der Waals surface area contributed by atoms with Crippen molar-refractivity contribution in [3.63, 3.8) is 0 Å². The molecule has 5 heteroatoms. The fourth-order valence-electron chi connectivity index (χ4n) is 2.62. The van der Waals surface area contributed by atoms with Gasteiger partial charge in [-0.05, 0) is 43.7 Å². The van der Waals surface area contributed by atoms with Gasteiger partial charge in [0.2, 0.25) is 0 Å². The van der Waals surface area contributed by atoms with E-state index in [4.69, 9.17) is 4.74 Å². The molecule has 1 heterocycles. The third kappa shape index (κ3) is 4.86. The predicted molar refractivity (Wildman–Crippen MR) is 92.5 cm³/mol. The minimum atomic E-state index is -0.897. The number of fused-ring (bicyclic) bond motifs is 1. The SMILES string of the molecule is C=CCN(C)C/C=C/COc1ccc2c(c1)CCCN2C(=O)O. The number of ether oxygens (including phenoxy) is 1. The van der Waals surface area contributed by atoms with Crippen molar-refractivity contribution in [2.75, 3.05) is 38.2 Å². The van der Waals surface area contributed by atoms with Gasteiger partial charge in [-0.15, -0.1) is 6.58 Å². The van der Waals surface area contributed by atoms with Crippen LogP contribution in [0.1, 0.15) is 12.0 Å². The number of anilines is 1. The Morgan fingerprint density at radius 1 is 1.43 bits per heavy atom. The number of likely N-dealkylation sites (N-methyl/N-ethyl adjacent to an activating group) is 1. The Morgan fingerprint density at radius 2 is 2.26 bits per heavy atom. The average Bonchev–Trinajstić information content (AvgIpc) is 2.54. The van der Waals surface area contributed by atoms with Crippen LogP contribution in [-0.2, 0) is 6.42 Å². The van der Waals surface area contributed by atoms with Crippen LogP contribution in [0.3, 0.4) is 0 Å². The molecule has 0 aliphatic carbocycles. The third-order valence-electron chi connectivity index (χ3n) is 3.77. The van der Waals surface area contributed by atoms with Gasteiger partial charge in [0.25, 0.3) is 0 Å². The van der Waals surface area contributed by atoms with E-state index in [2.05, 4.69) is 17.6 Å². The molecule has 0 atom stereocenters. The van der Waals surface area contributed by atoms with Crippen LogP contribution in [0, 0.1) is 0 Å². The lowest BCUT2D eigenvalue weighted by molar-refractivity contribution is 0.201. The molecule has 0 spiro atoms. The van der Waals surface area contributed by atoms with Crippen LogP contribution in [0.2, 0.25) is 0 Å². The number of benzene rings is 1. The second-order valence-electron chi connectivity index (χ2n) is 5.62. The monoisotopic (exact) mass is 316 g/mol. The first-order valence-corrected chi connectivity index (χ1v) is 7.82. The van der Waals surface area contributed by atoms with Crippen molar-refractivity contribution >= 4 is 11.8 Å². The molecule has 1 aromatic carbocycles. The van der Waals surface area contributed by atoms with Crippen molar-refractivity contribution < 1.29 is 14.6 Å². The Hall–Kier alpha value is -2.27. The highest BCUT2D eigenvalue weighted by atomic mass is 16.5. The summed E-state index contributed by atoms with van der Waals surface area (Å²) in [5, 5.41) is 9.21. The minimum absolute atomic E-state index is 0.503. The maximum atomic E-state index is 11.2. The molecule has 0 saturated heterocycles. The Bertz CT molecular complexity index is 584. The fraction of sp³-hybridized carbons (Fsp3) is 0.389. The first-order chi connectivity index (χ1) is 11.1. The van der Waals surface area contributed by atoms with E-state index in [9.17, 15) is 9.90 Å². The molecule has 23 heavy (non-hydrogen) atoms. The van der Waals surface area contributed by atoms with E-state index < -0.39 is 6.09 Å². The summed E-state index contributed by atoms with van der Waals surface area (Å²) in [5.74, 6) is 0.778. The van der Waals surface area contributed by atoms with Crippen LogP contribution >= 0.6 is 0 Å². The Balaban J connectivity index is 1.89. The maximum Gasteiger partial charge on any atom is 0.411 e. The van der Waals surface area contributed by atoms with Crippen molar-refractivity contribution in [2.24, 2.45) is 0 Å². The zero-order chi connectivity index (χ0) is 16.7. The summed E-state index contributed by atoms with van der Waals surface area (Å²) >= 11 is 0. The number of aryl methyl sites for hydroxylation is 1. The van der Waals surface area contributed by atoms with Gasteiger partial charge in [0.15, 0.2) is 0 Å². The van der Waals surface area contributed by atoms with E-state index in [-0.39, 0.29) is 0 Å². The van der Waals surface area contributed by atoms with Crippen LogP contribution in [0.15, 0.2) is 43.0 Å². The van der Waals surface area contributed by atoms with Gasteiger partial charge in [-0.2, -0.15) is 0 Å². The van der Waals surface area contributed by atoms with Crippen LogP contribution < -0.4 is 9.64 Å². The normalized spacial score (nSPS) is 14.1. The number of carboxylic acid groups (broad SMARTS) is 1. The third-order valence-corrected chi connectivity index (χ3v) is 3.77. The van der Waals surface area contributed by atoms with Crippen LogP contribution in [0.5, 0.6) is 5.75 Å². The fourth-order valence-corrected chi connectivity index (χ4v) is 2.62. The Morgan fingerprint density at radius 3 is 3.00 bits per heavy atom. The molecule has 0 bridgehead atoms. The number of rotatable bonds is 7. The molecule has 0 aromatic heterocycles. The molecule has 2 rings (SSSR count). The molecular formula is C18H24N2O3. The number of carbonyl (C=O) groups is 1. The van der Waals surface area contributed by atoms with Gasteiger partial charge in [0.1, 0.15) is 12.4 Å². The van der Waals surface area contributed by atoms with Gasteiger partial charge >= 0.3 is 6.09 Å². The summed E-state index contributed by atoms with van der Waals surface area (Å²) in [6.45, 7) is 6.48. The smallest absolute Gasteiger partial charge is 0.411 e. The lowest BCUT2D eigenvalue weighted by Crippen LogP contribution is -2.34. The van der Waals surface area contributed by atoms with Gasteiger partial charge in [0, 0.05) is 19.6 Å². The molecule has 1 aliphatic heterocycles. The van der Waals surface area contributed by atoms with E-state index >= 15 is 0 Å². The van der Waals surface area contributed by atoms with Gasteiger partial charge in [-0.3, -0.25) is 9.80 Å².